The van der Waals surface area contributed by atoms with Gasteiger partial charge < -0.3 is 29.6 Å². The van der Waals surface area contributed by atoms with Gasteiger partial charge in [0, 0.05) is 31.4 Å². The number of esters is 2. The molecule has 3 amide bonds. The van der Waals surface area contributed by atoms with Gasteiger partial charge in [0.05, 0.1) is 5.39 Å². The van der Waals surface area contributed by atoms with Crippen LogP contribution < -0.4 is 25.5 Å². The number of amides is 3. The van der Waals surface area contributed by atoms with Gasteiger partial charge in [0.25, 0.3) is 11.8 Å². The molecule has 19 heteroatoms. The number of aliphatic carboxylic acids is 1. The van der Waals surface area contributed by atoms with Crippen molar-refractivity contribution >= 4 is 81.5 Å². The van der Waals surface area contributed by atoms with Gasteiger partial charge in [-0.05, 0) is 24.1 Å². The summed E-state index contributed by atoms with van der Waals surface area (Å²) < 4.78 is 16.3. The van der Waals surface area contributed by atoms with Crippen LogP contribution in [0.4, 0.5) is 0 Å². The minimum atomic E-state index is -1.40. The molecule has 2 aromatic heterocycles. The highest BCUT2D eigenvalue weighted by Gasteiger charge is 2.54. The van der Waals surface area contributed by atoms with Crippen LogP contribution >= 0.6 is 34.9 Å². The smallest absolute Gasteiger partial charge is 0.352 e. The van der Waals surface area contributed by atoms with Crippen molar-refractivity contribution < 1.29 is 47.8 Å². The number of rotatable bonds is 11. The molecule has 1 unspecified atom stereocenters. The number of aromatic nitrogens is 2. The number of carbonyl (C=O) groups is 6. The molecule has 3 N–H and O–H groups in total. The quantitative estimate of drug-likeness (QED) is 0.0864. The molecular formula is C33H27N5O11S3. The lowest BCUT2D eigenvalue weighted by atomic mass is 10.0. The molecule has 1 saturated heterocycles. The standard InChI is InChI=1S/C33H27N5O11S3/c1-14-36-37-33(52-14)51-13-18-12-50-31-25(30(44)38(31)26(18)32(45)46)35-29(43)24(17-7-5-4-6-8-17)34-28(42)20-11-47-21-10-23(49-16(3)40)22(48-15(2)39)9-19(21)27(20)41/h4-11,24-25,31H,12-13H2,1-3H3,(H,34,42)(H,35,43)(H,45,46)/t24?,25-,31+/m1/s1. The molecule has 52 heavy (non-hydrogen) atoms. The van der Waals surface area contributed by atoms with E-state index in [9.17, 15) is 38.7 Å². The van der Waals surface area contributed by atoms with Gasteiger partial charge in [-0.2, -0.15) is 0 Å². The van der Waals surface area contributed by atoms with Gasteiger partial charge in [-0.1, -0.05) is 53.4 Å². The Hall–Kier alpha value is -5.53. The maximum absolute atomic E-state index is 13.8. The predicted octanol–water partition coefficient (Wildman–Crippen LogP) is 2.81. The Morgan fingerprint density at radius 1 is 1.06 bits per heavy atom. The fourth-order valence-corrected chi connectivity index (χ4v) is 8.73. The summed E-state index contributed by atoms with van der Waals surface area (Å²) in [6.45, 7) is 4.03. The minimum absolute atomic E-state index is 0.0871. The number of carbonyl (C=O) groups excluding carboxylic acids is 5. The highest BCUT2D eigenvalue weighted by molar-refractivity contribution is 8.01. The summed E-state index contributed by atoms with van der Waals surface area (Å²) in [6.07, 6.45) is 0.872. The van der Waals surface area contributed by atoms with Crippen molar-refractivity contribution in [2.75, 3.05) is 11.5 Å². The topological polar surface area (TPSA) is 224 Å². The van der Waals surface area contributed by atoms with Crippen molar-refractivity contribution in [2.45, 2.75) is 42.6 Å². The Kier molecular flexibility index (Phi) is 10.4. The molecule has 3 atom stereocenters. The molecular weight excluding hydrogens is 739 g/mol. The Balaban J connectivity index is 1.23. The largest absolute Gasteiger partial charge is 0.477 e. The van der Waals surface area contributed by atoms with Crippen LogP contribution in [-0.2, 0) is 24.0 Å². The number of benzene rings is 2. The molecule has 16 nitrogen and oxygen atoms in total. The summed E-state index contributed by atoms with van der Waals surface area (Å²) in [7, 11) is 0. The van der Waals surface area contributed by atoms with Crippen LogP contribution in [0.1, 0.15) is 40.8 Å². The molecule has 268 valence electrons. The third-order valence-corrected chi connectivity index (χ3v) is 11.1. The third kappa shape index (κ3) is 7.41. The number of thioether (sulfide) groups is 2. The summed E-state index contributed by atoms with van der Waals surface area (Å²) in [5.74, 6) is -5.10. The summed E-state index contributed by atoms with van der Waals surface area (Å²) in [4.78, 5) is 91.0. The number of hydrogen-bond acceptors (Lipinski definition) is 15. The van der Waals surface area contributed by atoms with E-state index in [0.29, 0.717) is 15.5 Å². The molecule has 4 aromatic rings. The first-order valence-corrected chi connectivity index (χ1v) is 18.1. The van der Waals surface area contributed by atoms with Crippen LogP contribution in [0.5, 0.6) is 11.5 Å². The fourth-order valence-electron chi connectivity index (χ4n) is 5.43. The molecule has 4 heterocycles. The Bertz CT molecular complexity index is 2240. The average molecular weight is 766 g/mol. The molecule has 2 aliphatic rings. The van der Waals surface area contributed by atoms with Crippen LogP contribution in [0, 0.1) is 6.92 Å². The average Bonchev–Trinajstić information content (AvgIpc) is 3.53. The minimum Gasteiger partial charge on any atom is -0.477 e. The first-order chi connectivity index (χ1) is 24.8. The molecule has 2 aliphatic heterocycles. The van der Waals surface area contributed by atoms with E-state index in [1.165, 1.54) is 34.9 Å². The molecule has 0 aliphatic carbocycles. The van der Waals surface area contributed by atoms with Crippen molar-refractivity contribution in [3.63, 3.8) is 0 Å². The number of β-lactam (4-membered cyclic amide) rings is 1. The number of nitrogens with one attached hydrogen (secondary N) is 2. The third-order valence-electron chi connectivity index (χ3n) is 7.69. The van der Waals surface area contributed by atoms with Gasteiger partial charge in [0.15, 0.2) is 15.8 Å². The number of carboxylic acids is 1. The van der Waals surface area contributed by atoms with E-state index in [4.69, 9.17) is 13.9 Å². The molecule has 0 saturated carbocycles. The predicted molar refractivity (Wildman–Crippen MR) is 187 cm³/mol. The lowest BCUT2D eigenvalue weighted by Crippen LogP contribution is -2.71. The Morgan fingerprint density at radius 3 is 2.38 bits per heavy atom. The van der Waals surface area contributed by atoms with Crippen molar-refractivity contribution in [1.82, 2.24) is 25.7 Å². The number of hydrogen-bond donors (Lipinski definition) is 3. The van der Waals surface area contributed by atoms with Gasteiger partial charge in [-0.15, -0.1) is 22.0 Å². The lowest BCUT2D eigenvalue weighted by molar-refractivity contribution is -0.151. The van der Waals surface area contributed by atoms with Crippen molar-refractivity contribution in [1.29, 1.82) is 0 Å². The zero-order valence-electron chi connectivity index (χ0n) is 27.4. The van der Waals surface area contributed by atoms with Crippen molar-refractivity contribution in [2.24, 2.45) is 0 Å². The van der Waals surface area contributed by atoms with Gasteiger partial charge in [0.2, 0.25) is 11.3 Å². The van der Waals surface area contributed by atoms with E-state index >= 15 is 0 Å². The maximum atomic E-state index is 13.8. The van der Waals surface area contributed by atoms with Crippen LogP contribution in [0.25, 0.3) is 11.0 Å². The van der Waals surface area contributed by atoms with E-state index in [1.54, 1.807) is 37.3 Å². The van der Waals surface area contributed by atoms with E-state index < -0.39 is 64.1 Å². The van der Waals surface area contributed by atoms with Crippen molar-refractivity contribution in [3.05, 3.63) is 86.4 Å². The maximum Gasteiger partial charge on any atom is 0.352 e. The van der Waals surface area contributed by atoms with Gasteiger partial charge in [-0.3, -0.25) is 33.7 Å². The second-order valence-electron chi connectivity index (χ2n) is 11.3. The van der Waals surface area contributed by atoms with E-state index in [0.717, 1.165) is 42.2 Å². The zero-order valence-corrected chi connectivity index (χ0v) is 29.8. The van der Waals surface area contributed by atoms with Crippen LogP contribution in [0.15, 0.2) is 73.5 Å². The second kappa shape index (κ2) is 15.0. The second-order valence-corrected chi connectivity index (χ2v) is 14.8. The van der Waals surface area contributed by atoms with E-state index in [2.05, 4.69) is 20.8 Å². The molecule has 0 spiro atoms. The van der Waals surface area contributed by atoms with Gasteiger partial charge in [-0.25, -0.2) is 4.79 Å². The van der Waals surface area contributed by atoms with Gasteiger partial charge >= 0.3 is 17.9 Å². The van der Waals surface area contributed by atoms with Crippen LogP contribution in [0.2, 0.25) is 0 Å². The highest BCUT2D eigenvalue weighted by Crippen LogP contribution is 2.42. The van der Waals surface area contributed by atoms with E-state index in [-0.39, 0.29) is 39.7 Å². The number of fused-ring (bicyclic) bond motifs is 2. The number of nitrogens with zero attached hydrogens (tertiary/aromatic N) is 3. The molecule has 0 radical (unpaired) electrons. The van der Waals surface area contributed by atoms with Crippen LogP contribution in [-0.4, -0.2) is 78.8 Å². The number of ether oxygens (including phenoxy) is 2. The summed E-state index contributed by atoms with van der Waals surface area (Å²) in [5.41, 5.74) is -0.749. The monoisotopic (exact) mass is 765 g/mol. The normalized spacial score (nSPS) is 17.1. The Labute approximate surface area is 305 Å². The zero-order chi connectivity index (χ0) is 37.3. The number of carboxylic acid groups (broad SMARTS) is 1. The summed E-state index contributed by atoms with van der Waals surface area (Å²) in [6, 6.07) is 7.82. The van der Waals surface area contributed by atoms with Crippen molar-refractivity contribution in [3.8, 4) is 11.5 Å². The van der Waals surface area contributed by atoms with E-state index in [1.807, 2.05) is 0 Å². The summed E-state index contributed by atoms with van der Waals surface area (Å²) >= 11 is 3.98. The van der Waals surface area contributed by atoms with Crippen LogP contribution in [0.3, 0.4) is 0 Å². The number of aryl methyl sites for hydroxylation is 1. The Morgan fingerprint density at radius 2 is 1.75 bits per heavy atom. The van der Waals surface area contributed by atoms with Gasteiger partial charge in [0.1, 0.15) is 45.6 Å². The summed E-state index contributed by atoms with van der Waals surface area (Å²) in [5, 5.41) is 23.1. The fraction of sp³-hybridized carbons (Fsp3) is 0.242. The first-order valence-electron chi connectivity index (χ1n) is 15.3. The molecule has 2 aromatic carbocycles. The first kappa shape index (κ1) is 36.3. The lowest BCUT2D eigenvalue weighted by Gasteiger charge is -2.49. The highest BCUT2D eigenvalue weighted by atomic mass is 32.2. The molecule has 6 rings (SSSR count). The molecule has 0 bridgehead atoms. The molecule has 1 fully saturated rings. The SMILES string of the molecule is CC(=O)Oc1cc2occ(C(=O)NC(C(=O)N[C@@H]3C(=O)N4C(C(=O)O)=C(CSc5nnc(C)s5)CS[C@@H]34)c3ccccc3)c(=O)c2cc1OC(C)=O.